The molecule has 2 aromatic heterocycles. The lowest BCUT2D eigenvalue weighted by Gasteiger charge is -2.31. The van der Waals surface area contributed by atoms with Crippen LogP contribution >= 0.6 is 11.6 Å². The molecule has 3 atom stereocenters. The summed E-state index contributed by atoms with van der Waals surface area (Å²) in [7, 11) is 0. The number of guanidine groups is 1. The van der Waals surface area contributed by atoms with Crippen LogP contribution in [0.4, 0.5) is 26.7 Å². The predicted molar refractivity (Wildman–Crippen MR) is 159 cm³/mol. The van der Waals surface area contributed by atoms with Gasteiger partial charge in [-0.15, -0.1) is 0 Å². The van der Waals surface area contributed by atoms with Gasteiger partial charge in [0.25, 0.3) is 12.3 Å². The maximum atomic E-state index is 14.1. The van der Waals surface area contributed by atoms with E-state index in [0.717, 1.165) is 22.1 Å². The first-order valence-corrected chi connectivity index (χ1v) is 14.5. The van der Waals surface area contributed by atoms with E-state index >= 15 is 0 Å². The molecule has 0 aliphatic heterocycles. The summed E-state index contributed by atoms with van der Waals surface area (Å²) in [6, 6.07) is 8.17. The minimum atomic E-state index is -3.00. The van der Waals surface area contributed by atoms with E-state index in [0.29, 0.717) is 15.8 Å². The molecule has 248 valence electrons. The fourth-order valence-corrected chi connectivity index (χ4v) is 4.84. The van der Waals surface area contributed by atoms with E-state index in [2.05, 4.69) is 25.5 Å². The van der Waals surface area contributed by atoms with Crippen molar-refractivity contribution in [2.75, 3.05) is 13.2 Å². The first-order valence-electron chi connectivity index (χ1n) is 14.1. The fraction of sp³-hybridized carbons (Fsp3) is 0.310. The number of ether oxygens (including phenoxy) is 1. The quantitative estimate of drug-likeness (QED) is 0.121. The molecule has 0 saturated heterocycles. The number of nitrogens with zero attached hydrogens (tertiary/aromatic N) is 7. The Hall–Kier alpha value is -5.06. The van der Waals surface area contributed by atoms with Gasteiger partial charge in [-0.3, -0.25) is 14.7 Å². The normalized spacial score (nSPS) is 16.7. The van der Waals surface area contributed by atoms with E-state index in [1.807, 2.05) is 0 Å². The van der Waals surface area contributed by atoms with Crippen LogP contribution in [0.2, 0.25) is 5.02 Å². The third-order valence-electron chi connectivity index (χ3n) is 7.10. The van der Waals surface area contributed by atoms with Gasteiger partial charge in [0.15, 0.2) is 11.8 Å². The Bertz CT molecular complexity index is 1770. The molecule has 3 N–H and O–H groups in total. The highest BCUT2D eigenvalue weighted by Gasteiger charge is 2.39. The average molecular weight is 680 g/mol. The van der Waals surface area contributed by atoms with Crippen LogP contribution in [0.3, 0.4) is 0 Å². The molecule has 0 bridgehead atoms. The molecule has 1 aliphatic rings. The van der Waals surface area contributed by atoms with Gasteiger partial charge in [-0.05, 0) is 42.3 Å². The zero-order valence-electron chi connectivity index (χ0n) is 24.5. The number of hydrogen-bond acceptors (Lipinski definition) is 7. The Morgan fingerprint density at radius 3 is 2.49 bits per heavy atom. The van der Waals surface area contributed by atoms with E-state index < -0.39 is 55.7 Å². The Balaban J connectivity index is 1.53. The van der Waals surface area contributed by atoms with Crippen LogP contribution in [-0.2, 0) is 4.74 Å². The third kappa shape index (κ3) is 7.51. The second-order valence-electron chi connectivity index (χ2n) is 10.2. The Morgan fingerprint density at radius 1 is 1.15 bits per heavy atom. The smallest absolute Gasteiger partial charge is 0.407 e. The maximum Gasteiger partial charge on any atom is 0.407 e. The number of benzene rings is 2. The van der Waals surface area contributed by atoms with E-state index in [-0.39, 0.29) is 40.8 Å². The average Bonchev–Trinajstić information content (AvgIpc) is 3.43. The number of rotatable bonds is 11. The molecule has 1 saturated carbocycles. The van der Waals surface area contributed by atoms with Crippen molar-refractivity contribution < 1.29 is 36.3 Å². The topological polar surface area (TPSA) is 146 Å². The molecule has 18 heteroatoms. The number of carbonyl (C=O) groups excluding carboxylic acids is 2. The third-order valence-corrected chi connectivity index (χ3v) is 7.42. The second-order valence-corrected chi connectivity index (χ2v) is 10.6. The van der Waals surface area contributed by atoms with Crippen molar-refractivity contribution in [3.05, 3.63) is 83.2 Å². The second kappa shape index (κ2) is 14.1. The summed E-state index contributed by atoms with van der Waals surface area (Å²) >= 11 is 6.37. The summed E-state index contributed by atoms with van der Waals surface area (Å²) in [4.78, 5) is 35.5. The summed E-state index contributed by atoms with van der Waals surface area (Å²) in [6.45, 7) is -1.55. The summed E-state index contributed by atoms with van der Waals surface area (Å²) in [5.41, 5.74) is 7.47. The predicted octanol–water partition coefficient (Wildman–Crippen LogP) is 5.47. The van der Waals surface area contributed by atoms with Gasteiger partial charge >= 0.3 is 12.6 Å². The van der Waals surface area contributed by atoms with E-state index in [1.54, 1.807) is 6.92 Å². The fourth-order valence-electron chi connectivity index (χ4n) is 4.65. The summed E-state index contributed by atoms with van der Waals surface area (Å²) < 4.78 is 73.5. The summed E-state index contributed by atoms with van der Waals surface area (Å²) in [5, 5.41) is 9.87. The maximum absolute atomic E-state index is 14.1. The van der Waals surface area contributed by atoms with Crippen molar-refractivity contribution in [3.8, 4) is 16.8 Å². The first-order chi connectivity index (χ1) is 22.5. The Morgan fingerprint density at radius 2 is 1.87 bits per heavy atom. The van der Waals surface area contributed by atoms with Crippen LogP contribution in [0.25, 0.3) is 16.8 Å². The molecule has 0 radical (unpaired) electrons. The van der Waals surface area contributed by atoms with Crippen LogP contribution < -0.4 is 11.1 Å². The summed E-state index contributed by atoms with van der Waals surface area (Å²) in [6.07, 6.45) is -1.71. The molecule has 1 fully saturated rings. The number of aliphatic imine (C=N–C) groups is 1. The standard InChI is InChI=1S/C29H27ClF5N9O3/c1-2-37-28(36)43(26(45)16-5-3-15(4-6-16)18-11-39-42(12-18)27(34)35)23(13-47-29(46)41-21-10-20(21)31)17-7-8-19(30)22(9-17)44-25(24(32)33)38-14-40-44/h3-9,11-12,14,20-21,23-24,27H,2,10,13H2,1H3,(H2,36,37)(H,41,46)/t20-,21-,23+/m0/s1. The van der Waals surface area contributed by atoms with Crippen LogP contribution in [0.1, 0.15) is 54.1 Å². The van der Waals surface area contributed by atoms with Crippen LogP contribution in [0.5, 0.6) is 0 Å². The van der Waals surface area contributed by atoms with E-state index in [4.69, 9.17) is 22.1 Å². The highest BCUT2D eigenvalue weighted by atomic mass is 35.5. The van der Waals surface area contributed by atoms with E-state index in [9.17, 15) is 31.5 Å². The van der Waals surface area contributed by atoms with Gasteiger partial charge < -0.3 is 15.8 Å². The Labute approximate surface area is 269 Å². The van der Waals surface area contributed by atoms with Crippen LogP contribution in [0.15, 0.2) is 66.2 Å². The molecular formula is C29H27ClF5N9O3. The van der Waals surface area contributed by atoms with E-state index in [1.165, 1.54) is 48.7 Å². The van der Waals surface area contributed by atoms with Gasteiger partial charge in [0.1, 0.15) is 19.1 Å². The number of alkyl halides is 5. The molecule has 2 amide bonds. The zero-order valence-corrected chi connectivity index (χ0v) is 25.2. The largest absolute Gasteiger partial charge is 0.447 e. The van der Waals surface area contributed by atoms with Crippen LogP contribution in [0, 0.1) is 0 Å². The van der Waals surface area contributed by atoms with Gasteiger partial charge in [0.2, 0.25) is 0 Å². The number of carbonyl (C=O) groups is 2. The number of halogens is 6. The van der Waals surface area contributed by atoms with Gasteiger partial charge in [0, 0.05) is 30.3 Å². The van der Waals surface area contributed by atoms with Crippen molar-refractivity contribution in [2.45, 2.75) is 44.6 Å². The van der Waals surface area contributed by atoms with Gasteiger partial charge in [0.05, 0.1) is 29.0 Å². The van der Waals surface area contributed by atoms with Gasteiger partial charge in [-0.2, -0.15) is 19.0 Å². The Kier molecular flexibility index (Phi) is 10.0. The minimum Gasteiger partial charge on any atom is -0.447 e. The monoisotopic (exact) mass is 679 g/mol. The molecular weight excluding hydrogens is 653 g/mol. The first kappa shape index (κ1) is 33.3. The highest BCUT2D eigenvalue weighted by Crippen LogP contribution is 2.32. The van der Waals surface area contributed by atoms with Crippen LogP contribution in [-0.4, -0.2) is 72.8 Å². The zero-order chi connectivity index (χ0) is 33.8. The van der Waals surface area contributed by atoms with Crippen molar-refractivity contribution >= 4 is 29.6 Å². The molecule has 1 aliphatic carbocycles. The SMILES string of the molecule is CCN=C(N)N(C(=O)c1ccc(-c2cnn(C(F)F)c2)cc1)[C@H](COC(=O)N[C@H]1C[C@@H]1F)c1ccc(Cl)c(-n2ncnc2C(F)F)c1. The molecule has 4 aromatic rings. The lowest BCUT2D eigenvalue weighted by atomic mass is 10.0. The molecule has 0 unspecified atom stereocenters. The lowest BCUT2D eigenvalue weighted by Crippen LogP contribution is -2.46. The van der Waals surface area contributed by atoms with Crippen molar-refractivity contribution in [1.82, 2.24) is 34.8 Å². The summed E-state index contributed by atoms with van der Waals surface area (Å²) in [5.74, 6) is -1.67. The molecule has 2 heterocycles. The van der Waals surface area contributed by atoms with Crippen molar-refractivity contribution in [1.29, 1.82) is 0 Å². The molecule has 0 spiro atoms. The van der Waals surface area contributed by atoms with Crippen molar-refractivity contribution in [3.63, 3.8) is 0 Å². The highest BCUT2D eigenvalue weighted by molar-refractivity contribution is 6.32. The number of nitrogens with two attached hydrogens (primary N) is 1. The number of alkyl carbamates (subject to hydrolysis) is 1. The molecule has 2 aromatic carbocycles. The molecule has 12 nitrogen and oxygen atoms in total. The minimum absolute atomic E-state index is 0.0140. The lowest BCUT2D eigenvalue weighted by molar-refractivity contribution is 0.0566. The number of aromatic nitrogens is 5. The molecule has 47 heavy (non-hydrogen) atoms. The number of hydrogen-bond donors (Lipinski definition) is 2. The van der Waals surface area contributed by atoms with Gasteiger partial charge in [-0.1, -0.05) is 29.8 Å². The molecule has 5 rings (SSSR count). The number of amides is 2. The number of nitrogens with one attached hydrogen (secondary N) is 1. The van der Waals surface area contributed by atoms with Crippen molar-refractivity contribution in [2.24, 2.45) is 10.7 Å². The van der Waals surface area contributed by atoms with Gasteiger partial charge in [-0.25, -0.2) is 32.3 Å².